The molecule has 2 aromatic heterocycles. The van der Waals surface area contributed by atoms with E-state index in [1.54, 1.807) is 11.3 Å². The molecule has 5 nitrogen and oxygen atoms in total. The van der Waals surface area contributed by atoms with Crippen molar-refractivity contribution < 1.29 is 4.52 Å². The summed E-state index contributed by atoms with van der Waals surface area (Å²) < 4.78 is 5.15. The minimum atomic E-state index is 0.503. The highest BCUT2D eigenvalue weighted by molar-refractivity contribution is 7.09. The molecule has 2 N–H and O–H groups in total. The van der Waals surface area contributed by atoms with Crippen molar-refractivity contribution in [2.45, 2.75) is 26.2 Å². The second-order valence-corrected chi connectivity index (χ2v) is 4.37. The summed E-state index contributed by atoms with van der Waals surface area (Å²) in [5.74, 6) is 1.24. The van der Waals surface area contributed by atoms with Gasteiger partial charge in [-0.25, -0.2) is 4.98 Å². The Balaban J connectivity index is 2.14. The molecule has 16 heavy (non-hydrogen) atoms. The van der Waals surface area contributed by atoms with Crippen molar-refractivity contribution in [1.82, 2.24) is 15.1 Å². The highest BCUT2D eigenvalue weighted by Crippen LogP contribution is 2.20. The summed E-state index contributed by atoms with van der Waals surface area (Å²) in [4.78, 5) is 8.66. The Bertz CT molecular complexity index is 409. The number of nitrogens with two attached hydrogens (primary N) is 1. The Kier molecular flexibility index (Phi) is 3.63. The molecule has 2 aromatic rings. The lowest BCUT2D eigenvalue weighted by Gasteiger charge is -1.87. The quantitative estimate of drug-likeness (QED) is 0.856. The summed E-state index contributed by atoms with van der Waals surface area (Å²) in [6.07, 6.45) is 2.64. The average Bonchev–Trinajstić information content (AvgIpc) is 2.87. The maximum atomic E-state index is 5.47. The molecule has 0 radical (unpaired) electrons. The van der Waals surface area contributed by atoms with E-state index in [-0.39, 0.29) is 0 Å². The van der Waals surface area contributed by atoms with Gasteiger partial charge in [-0.15, -0.1) is 11.3 Å². The zero-order valence-corrected chi connectivity index (χ0v) is 9.96. The fourth-order valence-corrected chi connectivity index (χ4v) is 2.12. The molecular weight excluding hydrogens is 224 g/mol. The first-order chi connectivity index (χ1) is 7.83. The SMILES string of the molecule is CCCc1noc(-c2csc(CCN)n2)n1. The van der Waals surface area contributed by atoms with E-state index in [0.717, 1.165) is 35.8 Å². The number of aryl methyl sites for hydroxylation is 1. The summed E-state index contributed by atoms with van der Waals surface area (Å²) in [6, 6.07) is 0. The van der Waals surface area contributed by atoms with Crippen LogP contribution in [0.5, 0.6) is 0 Å². The fourth-order valence-electron chi connectivity index (χ4n) is 1.33. The van der Waals surface area contributed by atoms with E-state index >= 15 is 0 Å². The molecule has 0 amide bonds. The summed E-state index contributed by atoms with van der Waals surface area (Å²) >= 11 is 1.57. The molecule has 0 bridgehead atoms. The molecule has 0 saturated carbocycles. The van der Waals surface area contributed by atoms with E-state index in [0.29, 0.717) is 12.4 Å². The third-order valence-electron chi connectivity index (χ3n) is 2.07. The number of hydrogen-bond acceptors (Lipinski definition) is 6. The van der Waals surface area contributed by atoms with Crippen molar-refractivity contribution in [3.05, 3.63) is 16.2 Å². The predicted molar refractivity (Wildman–Crippen MR) is 62.2 cm³/mol. The lowest BCUT2D eigenvalue weighted by molar-refractivity contribution is 0.421. The van der Waals surface area contributed by atoms with Crippen LogP contribution in [0.2, 0.25) is 0 Å². The number of rotatable bonds is 5. The Hall–Kier alpha value is -1.27. The van der Waals surface area contributed by atoms with E-state index in [9.17, 15) is 0 Å². The average molecular weight is 238 g/mol. The molecule has 0 spiro atoms. The van der Waals surface area contributed by atoms with E-state index in [2.05, 4.69) is 22.0 Å². The Morgan fingerprint density at radius 2 is 2.25 bits per heavy atom. The van der Waals surface area contributed by atoms with Crippen LogP contribution in [0, 0.1) is 0 Å². The second kappa shape index (κ2) is 5.18. The first-order valence-electron chi connectivity index (χ1n) is 5.31. The Morgan fingerprint density at radius 3 is 3.00 bits per heavy atom. The summed E-state index contributed by atoms with van der Waals surface area (Å²) in [6.45, 7) is 2.69. The Morgan fingerprint density at radius 1 is 1.38 bits per heavy atom. The van der Waals surface area contributed by atoms with Gasteiger partial charge in [-0.3, -0.25) is 0 Å². The van der Waals surface area contributed by atoms with Crippen molar-refractivity contribution in [3.8, 4) is 11.6 Å². The van der Waals surface area contributed by atoms with Gasteiger partial charge < -0.3 is 10.3 Å². The van der Waals surface area contributed by atoms with Crippen LogP contribution in [0.3, 0.4) is 0 Å². The molecule has 2 rings (SSSR count). The molecule has 0 aromatic carbocycles. The van der Waals surface area contributed by atoms with Crippen LogP contribution < -0.4 is 5.73 Å². The zero-order chi connectivity index (χ0) is 11.4. The molecular formula is C10H14N4OS. The molecule has 0 aliphatic rings. The summed E-state index contributed by atoms with van der Waals surface area (Å²) in [7, 11) is 0. The van der Waals surface area contributed by atoms with Crippen molar-refractivity contribution >= 4 is 11.3 Å². The molecule has 0 fully saturated rings. The third kappa shape index (κ3) is 2.45. The van der Waals surface area contributed by atoms with Crippen LogP contribution >= 0.6 is 11.3 Å². The number of thiazole rings is 1. The van der Waals surface area contributed by atoms with Gasteiger partial charge in [-0.2, -0.15) is 4.98 Å². The maximum Gasteiger partial charge on any atom is 0.277 e. The van der Waals surface area contributed by atoms with Crippen molar-refractivity contribution in [3.63, 3.8) is 0 Å². The van der Waals surface area contributed by atoms with E-state index < -0.39 is 0 Å². The first-order valence-corrected chi connectivity index (χ1v) is 6.19. The lowest BCUT2D eigenvalue weighted by atomic mass is 10.3. The van der Waals surface area contributed by atoms with E-state index in [1.165, 1.54) is 0 Å². The number of aromatic nitrogens is 3. The Labute approximate surface area is 97.7 Å². The molecule has 0 unspecified atom stereocenters. The smallest absolute Gasteiger partial charge is 0.277 e. The van der Waals surface area contributed by atoms with Gasteiger partial charge in [0.15, 0.2) is 5.82 Å². The largest absolute Gasteiger partial charge is 0.332 e. The molecule has 6 heteroatoms. The first kappa shape index (κ1) is 11.2. The van der Waals surface area contributed by atoms with E-state index in [4.69, 9.17) is 10.3 Å². The van der Waals surface area contributed by atoms with Crippen LogP contribution in [-0.4, -0.2) is 21.7 Å². The van der Waals surface area contributed by atoms with Gasteiger partial charge in [0, 0.05) is 18.2 Å². The van der Waals surface area contributed by atoms with Gasteiger partial charge in [0.25, 0.3) is 5.89 Å². The molecule has 86 valence electrons. The van der Waals surface area contributed by atoms with Gasteiger partial charge in [-0.1, -0.05) is 12.1 Å². The minimum absolute atomic E-state index is 0.503. The molecule has 0 aliphatic carbocycles. The van der Waals surface area contributed by atoms with Crippen LogP contribution in [0.25, 0.3) is 11.6 Å². The van der Waals surface area contributed by atoms with Crippen LogP contribution in [0.1, 0.15) is 24.2 Å². The molecule has 2 heterocycles. The number of nitrogens with zero attached hydrogens (tertiary/aromatic N) is 3. The normalized spacial score (nSPS) is 10.9. The molecule has 0 aliphatic heterocycles. The monoisotopic (exact) mass is 238 g/mol. The van der Waals surface area contributed by atoms with Gasteiger partial charge in [-0.05, 0) is 13.0 Å². The highest BCUT2D eigenvalue weighted by atomic mass is 32.1. The van der Waals surface area contributed by atoms with Crippen LogP contribution in [-0.2, 0) is 12.8 Å². The standard InChI is InChI=1S/C10H14N4OS/c1-2-3-8-13-10(15-14-8)7-6-16-9(12-7)4-5-11/h6H,2-5,11H2,1H3. The highest BCUT2D eigenvalue weighted by Gasteiger charge is 2.11. The third-order valence-corrected chi connectivity index (χ3v) is 2.98. The summed E-state index contributed by atoms with van der Waals surface area (Å²) in [5.41, 5.74) is 6.22. The zero-order valence-electron chi connectivity index (χ0n) is 9.14. The lowest BCUT2D eigenvalue weighted by Crippen LogP contribution is -2.01. The van der Waals surface area contributed by atoms with E-state index in [1.807, 2.05) is 5.38 Å². The molecule has 0 saturated heterocycles. The second-order valence-electron chi connectivity index (χ2n) is 3.43. The minimum Gasteiger partial charge on any atom is -0.332 e. The fraction of sp³-hybridized carbons (Fsp3) is 0.500. The van der Waals surface area contributed by atoms with Gasteiger partial charge >= 0.3 is 0 Å². The van der Waals surface area contributed by atoms with Crippen molar-refractivity contribution in [1.29, 1.82) is 0 Å². The number of hydrogen-bond donors (Lipinski definition) is 1. The van der Waals surface area contributed by atoms with Crippen LogP contribution in [0.4, 0.5) is 0 Å². The van der Waals surface area contributed by atoms with Crippen molar-refractivity contribution in [2.24, 2.45) is 5.73 Å². The topological polar surface area (TPSA) is 77.8 Å². The van der Waals surface area contributed by atoms with Crippen molar-refractivity contribution in [2.75, 3.05) is 6.54 Å². The van der Waals surface area contributed by atoms with Crippen LogP contribution in [0.15, 0.2) is 9.90 Å². The summed E-state index contributed by atoms with van der Waals surface area (Å²) in [5, 5.41) is 6.82. The molecule has 0 atom stereocenters. The predicted octanol–water partition coefficient (Wildman–Crippen LogP) is 1.65. The van der Waals surface area contributed by atoms with Gasteiger partial charge in [0.1, 0.15) is 5.69 Å². The van der Waals surface area contributed by atoms with Gasteiger partial charge in [0.2, 0.25) is 0 Å². The van der Waals surface area contributed by atoms with Gasteiger partial charge in [0.05, 0.1) is 5.01 Å². The maximum absolute atomic E-state index is 5.47.